The van der Waals surface area contributed by atoms with Gasteiger partial charge in [-0.1, -0.05) is 13.3 Å². The first-order valence-corrected chi connectivity index (χ1v) is 5.30. The van der Waals surface area contributed by atoms with E-state index in [-0.39, 0.29) is 18.2 Å². The summed E-state index contributed by atoms with van der Waals surface area (Å²) < 4.78 is 0. The van der Waals surface area contributed by atoms with Crippen LogP contribution in [0.25, 0.3) is 0 Å². The molecular weight excluding hydrogens is 196 g/mol. The summed E-state index contributed by atoms with van der Waals surface area (Å²) in [5, 5.41) is 8.54. The maximum Gasteiger partial charge on any atom is 0.303 e. The lowest BCUT2D eigenvalue weighted by Crippen LogP contribution is -2.55. The van der Waals surface area contributed by atoms with Crippen molar-refractivity contribution in [3.05, 3.63) is 0 Å². The first-order chi connectivity index (χ1) is 7.04. The number of aliphatic carboxylic acids is 1. The highest BCUT2D eigenvalue weighted by atomic mass is 16.4. The number of hydrogen-bond acceptors (Lipinski definition) is 3. The number of carboxylic acids is 1. The molecule has 0 unspecified atom stereocenters. The predicted molar refractivity (Wildman–Crippen MR) is 55.2 cm³/mol. The molecule has 0 spiro atoms. The molecule has 0 aromatic rings. The van der Waals surface area contributed by atoms with Gasteiger partial charge in [-0.3, -0.25) is 9.59 Å². The second-order valence-electron chi connectivity index (χ2n) is 4.10. The molecule has 5 nitrogen and oxygen atoms in total. The zero-order valence-corrected chi connectivity index (χ0v) is 8.98. The number of carboxylic acid groups (broad SMARTS) is 1. The van der Waals surface area contributed by atoms with E-state index in [2.05, 4.69) is 0 Å². The van der Waals surface area contributed by atoms with Crippen molar-refractivity contribution in [2.24, 2.45) is 11.7 Å². The third kappa shape index (κ3) is 3.20. The van der Waals surface area contributed by atoms with Crippen molar-refractivity contribution in [2.75, 3.05) is 13.1 Å². The Morgan fingerprint density at radius 2 is 2.13 bits per heavy atom. The maximum absolute atomic E-state index is 11.6. The van der Waals surface area contributed by atoms with E-state index in [1.54, 1.807) is 4.90 Å². The second-order valence-corrected chi connectivity index (χ2v) is 4.10. The summed E-state index contributed by atoms with van der Waals surface area (Å²) in [4.78, 5) is 23.6. The molecule has 1 fully saturated rings. The van der Waals surface area contributed by atoms with Crippen LogP contribution in [0.3, 0.4) is 0 Å². The van der Waals surface area contributed by atoms with E-state index in [4.69, 9.17) is 10.8 Å². The van der Waals surface area contributed by atoms with Crippen LogP contribution in [-0.4, -0.2) is 41.0 Å². The monoisotopic (exact) mass is 214 g/mol. The summed E-state index contributed by atoms with van der Waals surface area (Å²) in [6.45, 7) is 3.07. The Bertz CT molecular complexity index is 249. The Balaban J connectivity index is 2.26. The van der Waals surface area contributed by atoms with E-state index < -0.39 is 12.0 Å². The summed E-state index contributed by atoms with van der Waals surface area (Å²) in [7, 11) is 0. The molecule has 1 amide bonds. The Labute approximate surface area is 89.2 Å². The summed E-state index contributed by atoms with van der Waals surface area (Å²) in [6.07, 6.45) is 1.73. The molecule has 1 aliphatic rings. The molecular formula is C10H18N2O3. The normalized spacial score (nSPS) is 18.4. The van der Waals surface area contributed by atoms with E-state index >= 15 is 0 Å². The van der Waals surface area contributed by atoms with E-state index in [9.17, 15) is 9.59 Å². The van der Waals surface area contributed by atoms with Crippen LogP contribution in [0.2, 0.25) is 0 Å². The number of rotatable bonds is 5. The zero-order chi connectivity index (χ0) is 11.4. The fraction of sp³-hybridized carbons (Fsp3) is 0.800. The molecule has 86 valence electrons. The number of hydrogen-bond donors (Lipinski definition) is 2. The number of carbonyl (C=O) groups excluding carboxylic acids is 1. The molecule has 0 bridgehead atoms. The van der Waals surface area contributed by atoms with Crippen LogP contribution >= 0.6 is 0 Å². The highest BCUT2D eigenvalue weighted by molar-refractivity contribution is 5.82. The molecule has 15 heavy (non-hydrogen) atoms. The van der Waals surface area contributed by atoms with Crippen LogP contribution in [0.1, 0.15) is 26.2 Å². The van der Waals surface area contributed by atoms with Gasteiger partial charge < -0.3 is 15.7 Å². The second kappa shape index (κ2) is 5.11. The van der Waals surface area contributed by atoms with E-state index in [0.29, 0.717) is 19.5 Å². The van der Waals surface area contributed by atoms with Crippen molar-refractivity contribution in [1.82, 2.24) is 4.90 Å². The number of carbonyl (C=O) groups is 2. The Morgan fingerprint density at radius 1 is 1.53 bits per heavy atom. The Morgan fingerprint density at radius 3 is 2.60 bits per heavy atom. The summed E-state index contributed by atoms with van der Waals surface area (Å²) in [5.41, 5.74) is 5.68. The van der Waals surface area contributed by atoms with Crippen molar-refractivity contribution in [2.45, 2.75) is 32.2 Å². The smallest absolute Gasteiger partial charge is 0.303 e. The van der Waals surface area contributed by atoms with Crippen molar-refractivity contribution in [3.63, 3.8) is 0 Å². The van der Waals surface area contributed by atoms with Gasteiger partial charge in [0.1, 0.15) is 0 Å². The lowest BCUT2D eigenvalue weighted by atomic mass is 9.95. The van der Waals surface area contributed by atoms with Crippen LogP contribution in [0.15, 0.2) is 0 Å². The van der Waals surface area contributed by atoms with E-state index in [0.717, 1.165) is 6.42 Å². The lowest BCUT2D eigenvalue weighted by Gasteiger charge is -2.39. The van der Waals surface area contributed by atoms with Gasteiger partial charge in [-0.25, -0.2) is 0 Å². The lowest BCUT2D eigenvalue weighted by molar-refractivity contribution is -0.145. The molecule has 0 saturated carbocycles. The minimum atomic E-state index is -0.801. The molecule has 1 rings (SSSR count). The largest absolute Gasteiger partial charge is 0.481 e. The minimum absolute atomic E-state index is 0.0431. The number of nitrogens with zero attached hydrogens (tertiary/aromatic N) is 1. The van der Waals surface area contributed by atoms with Gasteiger partial charge in [-0.15, -0.1) is 0 Å². The highest BCUT2D eigenvalue weighted by Crippen LogP contribution is 2.20. The minimum Gasteiger partial charge on any atom is -0.481 e. The number of likely N-dealkylation sites (tertiary alicyclic amines) is 1. The molecule has 0 aliphatic carbocycles. The molecule has 0 radical (unpaired) electrons. The van der Waals surface area contributed by atoms with Crippen LogP contribution in [0, 0.1) is 5.92 Å². The SMILES string of the molecule is CCC[C@@H](N)C(=O)N1CC(CC(=O)O)C1. The van der Waals surface area contributed by atoms with Crippen molar-refractivity contribution in [3.8, 4) is 0 Å². The number of amides is 1. The topological polar surface area (TPSA) is 83.6 Å². The van der Waals surface area contributed by atoms with Crippen molar-refractivity contribution < 1.29 is 14.7 Å². The quantitative estimate of drug-likeness (QED) is 0.677. The van der Waals surface area contributed by atoms with Gasteiger partial charge in [0, 0.05) is 19.0 Å². The molecule has 3 N–H and O–H groups in total. The first kappa shape index (κ1) is 12.0. The first-order valence-electron chi connectivity index (χ1n) is 5.30. The summed E-state index contributed by atoms with van der Waals surface area (Å²) in [6, 6.07) is -0.416. The van der Waals surface area contributed by atoms with Gasteiger partial charge in [0.05, 0.1) is 12.5 Å². The predicted octanol–water partition coefficient (Wildman–Crippen LogP) is 0.0469. The van der Waals surface area contributed by atoms with Crippen molar-refractivity contribution in [1.29, 1.82) is 0 Å². The van der Waals surface area contributed by atoms with Crippen LogP contribution < -0.4 is 5.73 Å². The summed E-state index contributed by atoms with van der Waals surface area (Å²) in [5.74, 6) is -0.733. The van der Waals surface area contributed by atoms with Gasteiger partial charge in [-0.05, 0) is 6.42 Å². The fourth-order valence-electron chi connectivity index (χ4n) is 1.79. The average molecular weight is 214 g/mol. The van der Waals surface area contributed by atoms with Gasteiger partial charge in [-0.2, -0.15) is 0 Å². The maximum atomic E-state index is 11.6. The van der Waals surface area contributed by atoms with Crippen LogP contribution in [0.4, 0.5) is 0 Å². The molecule has 1 aliphatic heterocycles. The number of nitrogens with two attached hydrogens (primary N) is 1. The molecule has 0 aromatic carbocycles. The average Bonchev–Trinajstić information content (AvgIpc) is 2.09. The standard InChI is InChI=1S/C10H18N2O3/c1-2-3-8(11)10(15)12-5-7(6-12)4-9(13)14/h7-8H,2-6,11H2,1H3,(H,13,14)/t8-/m1/s1. The molecule has 5 heteroatoms. The van der Waals surface area contributed by atoms with Gasteiger partial charge >= 0.3 is 5.97 Å². The summed E-state index contributed by atoms with van der Waals surface area (Å²) >= 11 is 0. The van der Waals surface area contributed by atoms with Gasteiger partial charge in [0.2, 0.25) is 5.91 Å². The van der Waals surface area contributed by atoms with Crippen molar-refractivity contribution >= 4 is 11.9 Å². The third-order valence-corrected chi connectivity index (χ3v) is 2.65. The molecule has 1 atom stereocenters. The van der Waals surface area contributed by atoms with E-state index in [1.807, 2.05) is 6.92 Å². The van der Waals surface area contributed by atoms with E-state index in [1.165, 1.54) is 0 Å². The molecule has 1 heterocycles. The molecule has 1 saturated heterocycles. The molecule has 0 aromatic heterocycles. The van der Waals surface area contributed by atoms with Gasteiger partial charge in [0.15, 0.2) is 0 Å². The van der Waals surface area contributed by atoms with Crippen LogP contribution in [0.5, 0.6) is 0 Å². The highest BCUT2D eigenvalue weighted by Gasteiger charge is 2.33. The van der Waals surface area contributed by atoms with Gasteiger partial charge in [0.25, 0.3) is 0 Å². The Kier molecular flexibility index (Phi) is 4.08. The Hall–Kier alpha value is -1.10. The fourth-order valence-corrected chi connectivity index (χ4v) is 1.79. The zero-order valence-electron chi connectivity index (χ0n) is 8.98. The van der Waals surface area contributed by atoms with Crippen LogP contribution in [-0.2, 0) is 9.59 Å². The third-order valence-electron chi connectivity index (χ3n) is 2.65.